The van der Waals surface area contributed by atoms with E-state index < -0.39 is 0 Å². The van der Waals surface area contributed by atoms with Gasteiger partial charge in [-0.1, -0.05) is 184 Å². The molecule has 0 radical (unpaired) electrons. The van der Waals surface area contributed by atoms with E-state index in [2.05, 4.69) is 254 Å². The fraction of sp³-hybridized carbons (Fsp3) is 0.0411. The minimum atomic E-state index is -0.138. The summed E-state index contributed by atoms with van der Waals surface area (Å²) >= 11 is 0. The van der Waals surface area contributed by atoms with E-state index in [0.29, 0.717) is 0 Å². The summed E-state index contributed by atoms with van der Waals surface area (Å²) in [7, 11) is 0. The molecule has 1 aliphatic rings. The molecule has 0 saturated carbocycles. The van der Waals surface area contributed by atoms with E-state index >= 15 is 0 Å². The van der Waals surface area contributed by atoms with E-state index in [0.717, 1.165) is 33.7 Å². The number of pyridine rings is 2. The molecule has 77 heavy (non-hydrogen) atoms. The zero-order chi connectivity index (χ0) is 51.2. The minimum Gasteiger partial charge on any atom is -0.294 e. The third-order valence-electron chi connectivity index (χ3n) is 16.2. The average Bonchev–Trinajstić information content (AvgIpc) is 4.20. The lowest BCUT2D eigenvalue weighted by molar-refractivity contribution is 0.660. The Balaban J connectivity index is 0.649. The highest BCUT2D eigenvalue weighted by atomic mass is 15.1. The summed E-state index contributed by atoms with van der Waals surface area (Å²) in [5.41, 5.74) is 19.4. The van der Waals surface area contributed by atoms with Gasteiger partial charge in [0.2, 0.25) is 0 Å². The summed E-state index contributed by atoms with van der Waals surface area (Å²) in [6, 6.07) is 84.1. The van der Waals surface area contributed by atoms with Crippen LogP contribution in [0.3, 0.4) is 0 Å². The van der Waals surface area contributed by atoms with Gasteiger partial charge in [0.15, 0.2) is 0 Å². The molecule has 4 nitrogen and oxygen atoms in total. The van der Waals surface area contributed by atoms with Gasteiger partial charge in [-0.2, -0.15) is 0 Å². The Kier molecular flexibility index (Phi) is 10.2. The number of aromatic nitrogens is 4. The van der Waals surface area contributed by atoms with Gasteiger partial charge in [-0.3, -0.25) is 9.13 Å². The van der Waals surface area contributed by atoms with E-state index in [4.69, 9.17) is 9.97 Å². The molecule has 0 saturated heterocycles. The highest BCUT2D eigenvalue weighted by Crippen LogP contribution is 2.49. The molecule has 362 valence electrons. The molecule has 1 aliphatic carbocycles. The van der Waals surface area contributed by atoms with Crippen molar-refractivity contribution in [2.45, 2.75) is 19.3 Å². The summed E-state index contributed by atoms with van der Waals surface area (Å²) in [5, 5.41) is 9.80. The molecule has 15 rings (SSSR count). The molecule has 0 amide bonds. The predicted molar refractivity (Wildman–Crippen MR) is 325 cm³/mol. The van der Waals surface area contributed by atoms with Gasteiger partial charge in [0.05, 0.1) is 22.1 Å². The van der Waals surface area contributed by atoms with Crippen LogP contribution < -0.4 is 0 Å². The molecule has 14 aromatic rings. The molecule has 0 spiro atoms. The van der Waals surface area contributed by atoms with Crippen molar-refractivity contribution in [3.8, 4) is 45.0 Å². The first-order chi connectivity index (χ1) is 37.9. The van der Waals surface area contributed by atoms with Crippen LogP contribution in [0.2, 0.25) is 0 Å². The molecule has 0 fully saturated rings. The largest absolute Gasteiger partial charge is 0.294 e. The lowest BCUT2D eigenvalue weighted by atomic mass is 9.81. The fourth-order valence-corrected chi connectivity index (χ4v) is 12.2. The quantitative estimate of drug-likeness (QED) is 0.142. The molecule has 4 heterocycles. The van der Waals surface area contributed by atoms with Gasteiger partial charge in [0, 0.05) is 39.4 Å². The summed E-state index contributed by atoms with van der Waals surface area (Å²) < 4.78 is 4.52. The highest BCUT2D eigenvalue weighted by molar-refractivity contribution is 6.12. The maximum absolute atomic E-state index is 4.69. The SMILES string of the molecule is CC1(C)c2cc(/C=C/c3ccc4cc(-c5ccc6c(c5)c5ccccc5n6-c5ccccn5)ccc4c3)ccc2-c2ccc(/C=C/c3ccc4cc(-c5ccc6c(c5)c5ccccc5n6-c5ccccn5)ccc4c3)cc21. The van der Waals surface area contributed by atoms with Crippen LogP contribution >= 0.6 is 0 Å². The standard InChI is InChI=1S/C73H50N4/c1-73(2)65-41-49(19-17-47-21-25-53-43-55(29-27-51(53)39-47)57-31-35-69-63(45-57)61-11-3-5-13-67(61)76(69)71-15-7-9-37-74-71)23-33-59(65)60-34-24-50(42-66(60)73)20-18-48-22-26-54-44-56(30-28-52(54)40-48)58-32-36-70-64(46-58)62-12-4-6-14-68(62)77(70)72-16-8-10-38-75-72/h3-46H,1-2H3/b19-17+,20-18+. The molecular weight excluding hydrogens is 933 g/mol. The van der Waals surface area contributed by atoms with E-state index in [1.807, 2.05) is 36.7 Å². The van der Waals surface area contributed by atoms with Gasteiger partial charge in [-0.15, -0.1) is 0 Å². The van der Waals surface area contributed by atoms with E-state index in [9.17, 15) is 0 Å². The van der Waals surface area contributed by atoms with Gasteiger partial charge in [0.25, 0.3) is 0 Å². The van der Waals surface area contributed by atoms with Crippen LogP contribution in [0.4, 0.5) is 0 Å². The van der Waals surface area contributed by atoms with Crippen LogP contribution in [0.25, 0.3) is 134 Å². The third-order valence-corrected chi connectivity index (χ3v) is 16.2. The Morgan fingerprint density at radius 2 is 0.675 bits per heavy atom. The zero-order valence-electron chi connectivity index (χ0n) is 42.7. The van der Waals surface area contributed by atoms with Crippen molar-refractivity contribution in [2.24, 2.45) is 0 Å². The van der Waals surface area contributed by atoms with Crippen molar-refractivity contribution in [2.75, 3.05) is 0 Å². The maximum atomic E-state index is 4.69. The summed E-state index contributed by atoms with van der Waals surface area (Å²) in [6.07, 6.45) is 12.7. The Labute approximate surface area is 446 Å². The summed E-state index contributed by atoms with van der Waals surface area (Å²) in [4.78, 5) is 9.39. The number of para-hydroxylation sites is 2. The smallest absolute Gasteiger partial charge is 0.137 e. The molecule has 10 aromatic carbocycles. The van der Waals surface area contributed by atoms with E-state index in [1.165, 1.54) is 110 Å². The highest BCUT2D eigenvalue weighted by Gasteiger charge is 2.35. The third kappa shape index (κ3) is 7.52. The molecule has 0 N–H and O–H groups in total. The van der Waals surface area contributed by atoms with E-state index in [-0.39, 0.29) is 5.41 Å². The Morgan fingerprint density at radius 1 is 0.312 bits per heavy atom. The number of hydrogen-bond acceptors (Lipinski definition) is 2. The van der Waals surface area contributed by atoms with Crippen molar-refractivity contribution < 1.29 is 0 Å². The topological polar surface area (TPSA) is 35.6 Å². The van der Waals surface area contributed by atoms with Crippen LogP contribution in [-0.2, 0) is 5.41 Å². The predicted octanol–water partition coefficient (Wildman–Crippen LogP) is 19.0. The number of benzene rings is 10. The maximum Gasteiger partial charge on any atom is 0.137 e. The molecule has 0 unspecified atom stereocenters. The first kappa shape index (κ1) is 44.6. The first-order valence-electron chi connectivity index (χ1n) is 26.5. The van der Waals surface area contributed by atoms with Crippen LogP contribution in [0, 0.1) is 0 Å². The van der Waals surface area contributed by atoms with Gasteiger partial charge < -0.3 is 0 Å². The number of nitrogens with zero attached hydrogens (tertiary/aromatic N) is 4. The second-order valence-electron chi connectivity index (χ2n) is 21.1. The fourth-order valence-electron chi connectivity index (χ4n) is 12.2. The van der Waals surface area contributed by atoms with Crippen LogP contribution in [0.1, 0.15) is 47.2 Å². The van der Waals surface area contributed by atoms with Gasteiger partial charge in [-0.05, 0) is 173 Å². The summed E-state index contributed by atoms with van der Waals surface area (Å²) in [6.45, 7) is 4.73. The van der Waals surface area contributed by atoms with Crippen molar-refractivity contribution in [1.82, 2.24) is 19.1 Å². The van der Waals surface area contributed by atoms with Crippen LogP contribution in [0.5, 0.6) is 0 Å². The first-order valence-corrected chi connectivity index (χ1v) is 26.5. The molecular formula is C73H50N4. The molecule has 4 heteroatoms. The van der Waals surface area contributed by atoms with Crippen molar-refractivity contribution in [3.05, 3.63) is 276 Å². The van der Waals surface area contributed by atoms with Crippen molar-refractivity contribution in [1.29, 1.82) is 0 Å². The normalized spacial score (nSPS) is 13.1. The van der Waals surface area contributed by atoms with E-state index in [1.54, 1.807) is 0 Å². The Bertz CT molecular complexity index is 4460. The van der Waals surface area contributed by atoms with Crippen LogP contribution in [-0.4, -0.2) is 19.1 Å². The molecule has 0 bridgehead atoms. The van der Waals surface area contributed by atoms with Crippen molar-refractivity contribution >= 4 is 89.5 Å². The second kappa shape index (κ2) is 17.6. The number of rotatable bonds is 8. The lowest BCUT2D eigenvalue weighted by Gasteiger charge is -2.22. The Morgan fingerprint density at radius 3 is 1.13 bits per heavy atom. The summed E-state index contributed by atoms with van der Waals surface area (Å²) in [5.74, 6) is 1.85. The van der Waals surface area contributed by atoms with Gasteiger partial charge in [-0.25, -0.2) is 9.97 Å². The second-order valence-corrected chi connectivity index (χ2v) is 21.1. The van der Waals surface area contributed by atoms with Crippen molar-refractivity contribution in [3.63, 3.8) is 0 Å². The molecule has 0 atom stereocenters. The lowest BCUT2D eigenvalue weighted by Crippen LogP contribution is -2.15. The Hall–Kier alpha value is -9.90. The number of fused-ring (bicyclic) bond motifs is 11. The zero-order valence-corrected chi connectivity index (χ0v) is 42.7. The van der Waals surface area contributed by atoms with Gasteiger partial charge >= 0.3 is 0 Å². The monoisotopic (exact) mass is 982 g/mol. The minimum absolute atomic E-state index is 0.138. The van der Waals surface area contributed by atoms with Crippen LogP contribution in [0.15, 0.2) is 243 Å². The number of hydrogen-bond donors (Lipinski definition) is 0. The average molecular weight is 983 g/mol. The molecule has 4 aromatic heterocycles. The van der Waals surface area contributed by atoms with Gasteiger partial charge in [0.1, 0.15) is 11.6 Å². The molecule has 0 aliphatic heterocycles.